The molecule has 0 saturated heterocycles. The summed E-state index contributed by atoms with van der Waals surface area (Å²) in [6, 6.07) is 12.4. The van der Waals surface area contributed by atoms with Crippen molar-refractivity contribution in [3.05, 3.63) is 48.6 Å². The van der Waals surface area contributed by atoms with Crippen molar-refractivity contribution in [2.24, 2.45) is 0 Å². The molecule has 0 radical (unpaired) electrons. The van der Waals surface area contributed by atoms with Crippen LogP contribution >= 0.6 is 0 Å². The normalized spacial score (nSPS) is 13.8. The van der Waals surface area contributed by atoms with Gasteiger partial charge in [-0.1, -0.05) is 36.4 Å². The van der Waals surface area contributed by atoms with Crippen molar-refractivity contribution in [1.82, 2.24) is 5.32 Å². The van der Waals surface area contributed by atoms with E-state index in [-0.39, 0.29) is 0 Å². The van der Waals surface area contributed by atoms with Gasteiger partial charge in [0.2, 0.25) is 0 Å². The third-order valence-corrected chi connectivity index (χ3v) is 2.62. The molecule has 0 heterocycles. The fourth-order valence-electron chi connectivity index (χ4n) is 1.47. The van der Waals surface area contributed by atoms with Crippen LogP contribution in [0.5, 0.6) is 0 Å². The van der Waals surface area contributed by atoms with Gasteiger partial charge in [-0.2, -0.15) is 5.26 Å². The van der Waals surface area contributed by atoms with Gasteiger partial charge >= 0.3 is 0 Å². The van der Waals surface area contributed by atoms with Crippen molar-refractivity contribution in [2.45, 2.75) is 31.8 Å². The maximum Gasteiger partial charge on any atom is 0.104 e. The molecule has 1 aromatic rings. The summed E-state index contributed by atoms with van der Waals surface area (Å²) in [6.45, 7) is 6.33. The second-order valence-electron chi connectivity index (χ2n) is 4.11. The van der Waals surface area contributed by atoms with Gasteiger partial charge < -0.3 is 0 Å². The fraction of sp³-hybridized carbons (Fsp3) is 0.357. The van der Waals surface area contributed by atoms with E-state index in [1.807, 2.05) is 31.2 Å². The van der Waals surface area contributed by atoms with Gasteiger partial charge in [0.25, 0.3) is 0 Å². The molecule has 1 rings (SSSR count). The fourth-order valence-corrected chi connectivity index (χ4v) is 1.47. The second kappa shape index (κ2) is 6.09. The molecule has 0 aromatic heterocycles. The zero-order valence-corrected chi connectivity index (χ0v) is 9.74. The Bertz CT molecular complexity index is 364. The Morgan fingerprint density at radius 1 is 1.44 bits per heavy atom. The Kier molecular flexibility index (Phi) is 4.75. The van der Waals surface area contributed by atoms with Crippen LogP contribution in [0.3, 0.4) is 0 Å². The molecule has 0 spiro atoms. The van der Waals surface area contributed by atoms with Crippen LogP contribution in [0.15, 0.2) is 43.0 Å². The molecule has 0 amide bonds. The smallest absolute Gasteiger partial charge is 0.104 e. The van der Waals surface area contributed by atoms with Gasteiger partial charge in [-0.05, 0) is 25.3 Å². The van der Waals surface area contributed by atoms with E-state index in [2.05, 4.69) is 30.1 Å². The maximum atomic E-state index is 9.14. The molecule has 2 nitrogen and oxygen atoms in total. The Labute approximate surface area is 97.6 Å². The van der Waals surface area contributed by atoms with E-state index >= 15 is 0 Å². The van der Waals surface area contributed by atoms with Crippen molar-refractivity contribution < 1.29 is 0 Å². The standard InChI is InChI=1S/C14H18N2/c1-3-4-10-14(2,12-15)16-11-13-8-6-5-7-9-13/h3,5-9,16H,1,4,10-11H2,2H3. The van der Waals surface area contributed by atoms with Crippen LogP contribution in [-0.2, 0) is 6.54 Å². The lowest BCUT2D eigenvalue weighted by molar-refractivity contribution is 0.419. The molecule has 0 aliphatic carbocycles. The molecule has 1 N–H and O–H groups in total. The Hall–Kier alpha value is -1.59. The van der Waals surface area contributed by atoms with Gasteiger partial charge in [0.1, 0.15) is 5.54 Å². The van der Waals surface area contributed by atoms with Crippen LogP contribution in [0.25, 0.3) is 0 Å². The summed E-state index contributed by atoms with van der Waals surface area (Å²) in [5, 5.41) is 12.4. The minimum atomic E-state index is -0.468. The van der Waals surface area contributed by atoms with Crippen LogP contribution in [-0.4, -0.2) is 5.54 Å². The summed E-state index contributed by atoms with van der Waals surface area (Å²) in [5.41, 5.74) is 0.729. The van der Waals surface area contributed by atoms with Crippen LogP contribution in [0.1, 0.15) is 25.3 Å². The number of rotatable bonds is 6. The molecule has 0 saturated carbocycles. The SMILES string of the molecule is C=CCCC(C)(C#N)NCc1ccccc1. The summed E-state index contributed by atoms with van der Waals surface area (Å²) < 4.78 is 0. The molecular formula is C14H18N2. The third-order valence-electron chi connectivity index (χ3n) is 2.62. The monoisotopic (exact) mass is 214 g/mol. The molecule has 2 heteroatoms. The first-order valence-corrected chi connectivity index (χ1v) is 5.51. The van der Waals surface area contributed by atoms with Gasteiger partial charge in [0.05, 0.1) is 6.07 Å². The molecule has 1 atom stereocenters. The molecule has 16 heavy (non-hydrogen) atoms. The molecule has 84 valence electrons. The lowest BCUT2D eigenvalue weighted by Gasteiger charge is -2.22. The second-order valence-corrected chi connectivity index (χ2v) is 4.11. The van der Waals surface area contributed by atoms with Crippen molar-refractivity contribution in [3.8, 4) is 6.07 Å². The number of benzene rings is 1. The molecule has 0 aliphatic rings. The van der Waals surface area contributed by atoms with Gasteiger partial charge in [-0.15, -0.1) is 6.58 Å². The molecule has 0 bridgehead atoms. The van der Waals surface area contributed by atoms with Gasteiger partial charge in [0, 0.05) is 6.54 Å². The molecule has 0 fully saturated rings. The highest BCUT2D eigenvalue weighted by Gasteiger charge is 2.21. The van der Waals surface area contributed by atoms with Crippen molar-refractivity contribution in [1.29, 1.82) is 5.26 Å². The Morgan fingerprint density at radius 2 is 2.12 bits per heavy atom. The van der Waals surface area contributed by atoms with Crippen molar-refractivity contribution >= 4 is 0 Å². The Morgan fingerprint density at radius 3 is 2.69 bits per heavy atom. The predicted molar refractivity (Wildman–Crippen MR) is 66.7 cm³/mol. The van der Waals surface area contributed by atoms with E-state index in [1.165, 1.54) is 5.56 Å². The predicted octanol–water partition coefficient (Wildman–Crippen LogP) is 3.02. The van der Waals surface area contributed by atoms with Crippen LogP contribution in [0.4, 0.5) is 0 Å². The van der Waals surface area contributed by atoms with E-state index in [4.69, 9.17) is 5.26 Å². The van der Waals surface area contributed by atoms with Crippen LogP contribution in [0, 0.1) is 11.3 Å². The largest absolute Gasteiger partial charge is 0.295 e. The number of nitriles is 1. The van der Waals surface area contributed by atoms with E-state index in [0.29, 0.717) is 0 Å². The molecule has 1 unspecified atom stereocenters. The van der Waals surface area contributed by atoms with E-state index in [9.17, 15) is 0 Å². The summed E-state index contributed by atoms with van der Waals surface area (Å²) in [6.07, 6.45) is 3.49. The van der Waals surface area contributed by atoms with Gasteiger partial charge in [0.15, 0.2) is 0 Å². The molecule has 0 aliphatic heterocycles. The topological polar surface area (TPSA) is 35.8 Å². The first kappa shape index (κ1) is 12.5. The number of hydrogen-bond donors (Lipinski definition) is 1. The number of hydrogen-bond acceptors (Lipinski definition) is 2. The summed E-state index contributed by atoms with van der Waals surface area (Å²) in [4.78, 5) is 0. The van der Waals surface area contributed by atoms with Gasteiger partial charge in [-0.3, -0.25) is 5.32 Å². The molecular weight excluding hydrogens is 196 g/mol. The minimum absolute atomic E-state index is 0.468. The highest BCUT2D eigenvalue weighted by Crippen LogP contribution is 2.12. The van der Waals surface area contributed by atoms with E-state index < -0.39 is 5.54 Å². The van der Waals surface area contributed by atoms with E-state index in [0.717, 1.165) is 19.4 Å². The lowest BCUT2D eigenvalue weighted by Crippen LogP contribution is -2.40. The zero-order valence-electron chi connectivity index (χ0n) is 9.74. The minimum Gasteiger partial charge on any atom is -0.295 e. The summed E-state index contributed by atoms with van der Waals surface area (Å²) in [7, 11) is 0. The first-order chi connectivity index (χ1) is 7.70. The van der Waals surface area contributed by atoms with E-state index in [1.54, 1.807) is 0 Å². The zero-order chi connectivity index (χ0) is 11.9. The third kappa shape index (κ3) is 3.88. The number of nitrogens with one attached hydrogen (secondary N) is 1. The highest BCUT2D eigenvalue weighted by molar-refractivity contribution is 5.16. The van der Waals surface area contributed by atoms with Crippen LogP contribution < -0.4 is 5.32 Å². The lowest BCUT2D eigenvalue weighted by atomic mass is 9.97. The number of nitrogens with zero attached hydrogens (tertiary/aromatic N) is 1. The summed E-state index contributed by atoms with van der Waals surface area (Å²) >= 11 is 0. The Balaban J connectivity index is 2.52. The maximum absolute atomic E-state index is 9.14. The average Bonchev–Trinajstić information content (AvgIpc) is 2.35. The van der Waals surface area contributed by atoms with Crippen molar-refractivity contribution in [3.63, 3.8) is 0 Å². The quantitative estimate of drug-likeness (QED) is 0.739. The first-order valence-electron chi connectivity index (χ1n) is 5.51. The summed E-state index contributed by atoms with van der Waals surface area (Å²) in [5.74, 6) is 0. The van der Waals surface area contributed by atoms with Crippen LogP contribution in [0.2, 0.25) is 0 Å². The molecule has 1 aromatic carbocycles. The number of allylic oxidation sites excluding steroid dienone is 1. The van der Waals surface area contributed by atoms with Crippen molar-refractivity contribution in [2.75, 3.05) is 0 Å². The average molecular weight is 214 g/mol. The highest BCUT2D eigenvalue weighted by atomic mass is 15.0. The van der Waals surface area contributed by atoms with Gasteiger partial charge in [-0.25, -0.2) is 0 Å².